The third-order valence-corrected chi connectivity index (χ3v) is 2.72. The molecule has 0 aliphatic heterocycles. The second kappa shape index (κ2) is 4.67. The molecule has 2 aromatic rings. The van der Waals surface area contributed by atoms with Gasteiger partial charge >= 0.3 is 0 Å². The van der Waals surface area contributed by atoms with Gasteiger partial charge in [0.05, 0.1) is 24.6 Å². The van der Waals surface area contributed by atoms with Gasteiger partial charge in [-0.25, -0.2) is 4.98 Å². The lowest BCUT2D eigenvalue weighted by molar-refractivity contribution is 0.727. The van der Waals surface area contributed by atoms with Crippen LogP contribution in [0.25, 0.3) is 0 Å². The molecule has 0 radical (unpaired) electrons. The van der Waals surface area contributed by atoms with Crippen LogP contribution in [0.5, 0.6) is 0 Å². The van der Waals surface area contributed by atoms with E-state index in [4.69, 9.17) is 5.73 Å². The van der Waals surface area contributed by atoms with Crippen molar-refractivity contribution in [2.75, 3.05) is 5.73 Å². The van der Waals surface area contributed by atoms with Crippen molar-refractivity contribution in [3.63, 3.8) is 0 Å². The van der Waals surface area contributed by atoms with Crippen molar-refractivity contribution < 1.29 is 0 Å². The first kappa shape index (κ1) is 11.8. The summed E-state index contributed by atoms with van der Waals surface area (Å²) in [5.74, 6) is 0.367. The van der Waals surface area contributed by atoms with Crippen LogP contribution in [0.3, 0.4) is 0 Å². The highest BCUT2D eigenvalue weighted by atomic mass is 79.9. The van der Waals surface area contributed by atoms with Crippen molar-refractivity contribution in [1.82, 2.24) is 14.5 Å². The Kier molecular flexibility index (Phi) is 3.23. The molecule has 17 heavy (non-hydrogen) atoms. The number of hydrogen-bond donors (Lipinski definition) is 1. The predicted octanol–water partition coefficient (Wildman–Crippen LogP) is 1.34. The Morgan fingerprint density at radius 2 is 2.18 bits per heavy atom. The fourth-order valence-corrected chi connectivity index (χ4v) is 2.07. The molecule has 0 amide bonds. The van der Waals surface area contributed by atoms with Gasteiger partial charge in [0.15, 0.2) is 0 Å². The maximum atomic E-state index is 11.9. The zero-order valence-corrected chi connectivity index (χ0v) is 10.8. The molecule has 0 unspecified atom stereocenters. The molecular formula is C11H11BrN4O. The van der Waals surface area contributed by atoms with E-state index in [0.29, 0.717) is 23.6 Å². The maximum Gasteiger partial charge on any atom is 0.253 e. The topological polar surface area (TPSA) is 73.8 Å². The Labute approximate surface area is 106 Å². The first-order valence-electron chi connectivity index (χ1n) is 4.99. The average molecular weight is 295 g/mol. The molecule has 2 rings (SSSR count). The number of nitrogens with two attached hydrogens (primary N) is 1. The molecule has 2 aromatic heterocycles. The van der Waals surface area contributed by atoms with Crippen molar-refractivity contribution in [3.8, 4) is 0 Å². The smallest absolute Gasteiger partial charge is 0.253 e. The first-order chi connectivity index (χ1) is 8.06. The largest absolute Gasteiger partial charge is 0.382 e. The minimum Gasteiger partial charge on any atom is -0.382 e. The van der Waals surface area contributed by atoms with Crippen LogP contribution >= 0.6 is 15.9 Å². The van der Waals surface area contributed by atoms with Gasteiger partial charge in [-0.3, -0.25) is 9.78 Å². The molecule has 0 aliphatic carbocycles. The number of hydrogen-bond acceptors (Lipinski definition) is 4. The molecule has 0 fully saturated rings. The molecule has 0 bridgehead atoms. The summed E-state index contributed by atoms with van der Waals surface area (Å²) in [4.78, 5) is 19.9. The monoisotopic (exact) mass is 294 g/mol. The van der Waals surface area contributed by atoms with Crippen LogP contribution in [0, 0.1) is 6.92 Å². The molecule has 2 heterocycles. The van der Waals surface area contributed by atoms with Crippen molar-refractivity contribution in [3.05, 3.63) is 50.7 Å². The third-order valence-electron chi connectivity index (χ3n) is 2.29. The van der Waals surface area contributed by atoms with Gasteiger partial charge in [-0.1, -0.05) is 0 Å². The van der Waals surface area contributed by atoms with Crippen molar-refractivity contribution >= 4 is 21.7 Å². The normalized spacial score (nSPS) is 10.5. The Morgan fingerprint density at radius 1 is 1.41 bits per heavy atom. The highest BCUT2D eigenvalue weighted by molar-refractivity contribution is 9.10. The number of nitrogen functional groups attached to an aromatic ring is 1. The number of aromatic nitrogens is 3. The summed E-state index contributed by atoms with van der Waals surface area (Å²) >= 11 is 3.36. The summed E-state index contributed by atoms with van der Waals surface area (Å²) in [6, 6.07) is 1.79. The number of anilines is 1. The molecule has 88 valence electrons. The standard InChI is InChI=1S/C11H11BrN4O/c1-7-2-8(12)5-16(11(7)17)6-9-3-15-10(13)4-14-9/h2-5H,6H2,1H3,(H2,13,15). The Balaban J connectivity index is 2.36. The van der Waals surface area contributed by atoms with Gasteiger partial charge in [-0.15, -0.1) is 0 Å². The highest BCUT2D eigenvalue weighted by Crippen LogP contribution is 2.09. The maximum absolute atomic E-state index is 11.9. The molecule has 6 heteroatoms. The fourth-order valence-electron chi connectivity index (χ4n) is 1.48. The number of rotatable bonds is 2. The number of nitrogens with zero attached hydrogens (tertiary/aromatic N) is 3. The van der Waals surface area contributed by atoms with Gasteiger partial charge in [0, 0.05) is 16.2 Å². The van der Waals surface area contributed by atoms with Crippen LogP contribution < -0.4 is 11.3 Å². The van der Waals surface area contributed by atoms with Gasteiger partial charge in [0.25, 0.3) is 5.56 Å². The summed E-state index contributed by atoms with van der Waals surface area (Å²) in [6.45, 7) is 2.16. The zero-order valence-electron chi connectivity index (χ0n) is 9.22. The minimum absolute atomic E-state index is 0.0353. The fraction of sp³-hybridized carbons (Fsp3) is 0.182. The quantitative estimate of drug-likeness (QED) is 0.907. The number of pyridine rings is 1. The summed E-state index contributed by atoms with van der Waals surface area (Å²) in [5.41, 5.74) is 6.79. The van der Waals surface area contributed by atoms with Crippen LogP contribution in [-0.4, -0.2) is 14.5 Å². The van der Waals surface area contributed by atoms with Crippen LogP contribution in [-0.2, 0) is 6.54 Å². The average Bonchev–Trinajstić information content (AvgIpc) is 2.28. The molecule has 2 N–H and O–H groups in total. The second-order valence-electron chi connectivity index (χ2n) is 3.71. The van der Waals surface area contributed by atoms with Crippen molar-refractivity contribution in [1.29, 1.82) is 0 Å². The number of aryl methyl sites for hydroxylation is 1. The molecule has 5 nitrogen and oxygen atoms in total. The SMILES string of the molecule is Cc1cc(Br)cn(Cc2cnc(N)cn2)c1=O. The lowest BCUT2D eigenvalue weighted by Crippen LogP contribution is -2.22. The van der Waals surface area contributed by atoms with E-state index in [9.17, 15) is 4.79 Å². The van der Waals surface area contributed by atoms with E-state index in [1.807, 2.05) is 0 Å². The van der Waals surface area contributed by atoms with E-state index >= 15 is 0 Å². The van der Waals surface area contributed by atoms with Crippen molar-refractivity contribution in [2.45, 2.75) is 13.5 Å². The minimum atomic E-state index is -0.0353. The van der Waals surface area contributed by atoms with Gasteiger partial charge in [0.1, 0.15) is 5.82 Å². The molecule has 0 saturated carbocycles. The summed E-state index contributed by atoms with van der Waals surface area (Å²) in [6.07, 6.45) is 4.77. The third kappa shape index (κ3) is 2.71. The Morgan fingerprint density at radius 3 is 2.82 bits per heavy atom. The van der Waals surface area contributed by atoms with E-state index < -0.39 is 0 Å². The molecular weight excluding hydrogens is 284 g/mol. The van der Waals surface area contributed by atoms with Crippen LogP contribution in [0.2, 0.25) is 0 Å². The van der Waals surface area contributed by atoms with Gasteiger partial charge in [0.2, 0.25) is 0 Å². The predicted molar refractivity (Wildman–Crippen MR) is 68.7 cm³/mol. The van der Waals surface area contributed by atoms with Crippen LogP contribution in [0.4, 0.5) is 5.82 Å². The highest BCUT2D eigenvalue weighted by Gasteiger charge is 2.04. The summed E-state index contributed by atoms with van der Waals surface area (Å²) in [5, 5.41) is 0. The summed E-state index contributed by atoms with van der Waals surface area (Å²) in [7, 11) is 0. The van der Waals surface area contributed by atoms with Gasteiger partial charge in [-0.05, 0) is 28.9 Å². The molecule has 0 saturated heterocycles. The van der Waals surface area contributed by atoms with E-state index in [1.165, 1.54) is 6.20 Å². The van der Waals surface area contributed by atoms with Gasteiger partial charge < -0.3 is 10.3 Å². The number of halogens is 1. The van der Waals surface area contributed by atoms with Crippen LogP contribution in [0.15, 0.2) is 33.9 Å². The zero-order chi connectivity index (χ0) is 12.4. The lowest BCUT2D eigenvalue weighted by Gasteiger charge is -2.07. The van der Waals surface area contributed by atoms with Crippen molar-refractivity contribution in [2.24, 2.45) is 0 Å². The van der Waals surface area contributed by atoms with E-state index in [1.54, 1.807) is 30.0 Å². The molecule has 0 aromatic carbocycles. The van der Waals surface area contributed by atoms with E-state index in [0.717, 1.165) is 4.47 Å². The first-order valence-corrected chi connectivity index (χ1v) is 5.78. The molecule has 0 spiro atoms. The second-order valence-corrected chi connectivity index (χ2v) is 4.62. The van der Waals surface area contributed by atoms with Gasteiger partial charge in [-0.2, -0.15) is 0 Å². The summed E-state index contributed by atoms with van der Waals surface area (Å²) < 4.78 is 2.44. The Bertz CT molecular complexity index is 591. The lowest BCUT2D eigenvalue weighted by atomic mass is 10.3. The molecule has 0 aliphatic rings. The van der Waals surface area contributed by atoms with E-state index in [-0.39, 0.29) is 5.56 Å². The van der Waals surface area contributed by atoms with Crippen LogP contribution in [0.1, 0.15) is 11.3 Å². The van der Waals surface area contributed by atoms with E-state index in [2.05, 4.69) is 25.9 Å². The molecule has 0 atom stereocenters. The Hall–Kier alpha value is -1.69.